The van der Waals surface area contributed by atoms with Gasteiger partial charge in [0, 0.05) is 12.0 Å². The highest BCUT2D eigenvalue weighted by molar-refractivity contribution is 6.74. The smallest absolute Gasteiger partial charge is 0.286 e. The molecule has 0 saturated carbocycles. The summed E-state index contributed by atoms with van der Waals surface area (Å²) in [7, 11) is -2.03. The van der Waals surface area contributed by atoms with E-state index in [9.17, 15) is 9.18 Å². The summed E-state index contributed by atoms with van der Waals surface area (Å²) in [6, 6.07) is 4.21. The van der Waals surface area contributed by atoms with E-state index in [1.54, 1.807) is 0 Å². The van der Waals surface area contributed by atoms with Gasteiger partial charge < -0.3 is 4.53 Å². The van der Waals surface area contributed by atoms with Crippen molar-refractivity contribution in [3.8, 4) is 0 Å². The average Bonchev–Trinajstić information content (AvgIpc) is 2.62. The summed E-state index contributed by atoms with van der Waals surface area (Å²) in [5, 5.41) is 4.12. The normalized spacial score (nSPS) is 17.5. The Morgan fingerprint density at radius 2 is 1.95 bits per heavy atom. The molecule has 3 nitrogen and oxygen atoms in total. The van der Waals surface area contributed by atoms with Gasteiger partial charge in [0.15, 0.2) is 0 Å². The van der Waals surface area contributed by atoms with Crippen molar-refractivity contribution < 1.29 is 13.7 Å². The number of Topliss-reactive ketones (excluding diaryl/α,β-unsaturated/α-hetero) is 1. The number of rotatable bonds is 2. The minimum atomic E-state index is -2.03. The standard InChI is InChI=1S/C15H20FNO2Si/c1-15(2,3)20(4,5)19-17-13-9-10-8-11(16)6-7-12(10)14(13)18/h6-8H,9H2,1-5H3/b17-13-. The van der Waals surface area contributed by atoms with Crippen LogP contribution in [-0.2, 0) is 10.9 Å². The molecule has 5 heteroatoms. The molecular weight excluding hydrogens is 273 g/mol. The summed E-state index contributed by atoms with van der Waals surface area (Å²) < 4.78 is 18.9. The van der Waals surface area contributed by atoms with Crippen LogP contribution in [0.5, 0.6) is 0 Å². The van der Waals surface area contributed by atoms with Crippen LogP contribution in [0.15, 0.2) is 23.4 Å². The molecule has 0 amide bonds. The number of oxime groups is 1. The first kappa shape index (κ1) is 14.9. The van der Waals surface area contributed by atoms with Crippen molar-refractivity contribution in [2.24, 2.45) is 5.16 Å². The van der Waals surface area contributed by atoms with Gasteiger partial charge in [-0.2, -0.15) is 0 Å². The molecule has 0 spiro atoms. The predicted octanol–water partition coefficient (Wildman–Crippen LogP) is 3.94. The number of hydrogen-bond donors (Lipinski definition) is 0. The molecule has 1 aromatic rings. The largest absolute Gasteiger partial charge is 0.454 e. The van der Waals surface area contributed by atoms with E-state index in [0.717, 1.165) is 0 Å². The molecular formula is C15H20FNO2Si. The molecule has 1 aromatic carbocycles. The fourth-order valence-corrected chi connectivity index (χ4v) is 2.34. The van der Waals surface area contributed by atoms with Crippen LogP contribution >= 0.6 is 0 Å². The van der Waals surface area contributed by atoms with Gasteiger partial charge in [0.05, 0.1) is 0 Å². The Hall–Kier alpha value is -1.49. The quantitative estimate of drug-likeness (QED) is 0.612. The second-order valence-electron chi connectivity index (χ2n) is 6.70. The van der Waals surface area contributed by atoms with E-state index in [1.165, 1.54) is 18.2 Å². The molecule has 0 aliphatic heterocycles. The summed E-state index contributed by atoms with van der Waals surface area (Å²) in [5.41, 5.74) is 1.59. The zero-order valence-corrected chi connectivity index (χ0v) is 13.6. The Morgan fingerprint density at radius 1 is 1.30 bits per heavy atom. The number of carbonyl (C=O) groups excluding carboxylic acids is 1. The number of hydrogen-bond acceptors (Lipinski definition) is 3. The van der Waals surface area contributed by atoms with Gasteiger partial charge >= 0.3 is 0 Å². The second-order valence-corrected chi connectivity index (χ2v) is 11.4. The molecule has 0 aromatic heterocycles. The maximum Gasteiger partial charge on any atom is 0.286 e. The van der Waals surface area contributed by atoms with Crippen LogP contribution in [0, 0.1) is 5.82 Å². The first-order valence-electron chi connectivity index (χ1n) is 6.70. The SMILES string of the molecule is CC(C)(C)[Si](C)(C)O/N=C1/Cc2cc(F)ccc2C1=O. The number of fused-ring (bicyclic) bond motifs is 1. The zero-order chi connectivity index (χ0) is 15.1. The van der Waals surface area contributed by atoms with E-state index in [1.807, 2.05) is 0 Å². The van der Waals surface area contributed by atoms with Crippen LogP contribution in [0.25, 0.3) is 0 Å². The minimum absolute atomic E-state index is 0.0255. The van der Waals surface area contributed by atoms with Crippen LogP contribution < -0.4 is 0 Å². The lowest BCUT2D eigenvalue weighted by molar-refractivity contribution is 0.106. The van der Waals surface area contributed by atoms with Crippen LogP contribution in [0.3, 0.4) is 0 Å². The van der Waals surface area contributed by atoms with Crippen molar-refractivity contribution in [3.63, 3.8) is 0 Å². The maximum absolute atomic E-state index is 13.2. The first-order valence-corrected chi connectivity index (χ1v) is 9.61. The van der Waals surface area contributed by atoms with Crippen molar-refractivity contribution in [2.75, 3.05) is 0 Å². The molecule has 0 bridgehead atoms. The fourth-order valence-electron chi connectivity index (χ4n) is 1.73. The van der Waals surface area contributed by atoms with E-state index in [0.29, 0.717) is 23.3 Å². The van der Waals surface area contributed by atoms with E-state index < -0.39 is 8.32 Å². The third-order valence-electron chi connectivity index (χ3n) is 4.12. The molecule has 1 aliphatic carbocycles. The summed E-state index contributed by atoms with van der Waals surface area (Å²) in [6.45, 7) is 10.5. The third-order valence-corrected chi connectivity index (χ3v) is 8.28. The monoisotopic (exact) mass is 293 g/mol. The molecule has 0 fully saturated rings. The van der Waals surface area contributed by atoms with Gasteiger partial charge in [0.2, 0.25) is 5.78 Å². The van der Waals surface area contributed by atoms with E-state index in [-0.39, 0.29) is 16.6 Å². The molecule has 1 aliphatic rings. The second kappa shape index (κ2) is 4.81. The Labute approximate surface area is 120 Å². The van der Waals surface area contributed by atoms with Crippen molar-refractivity contribution >= 4 is 19.8 Å². The lowest BCUT2D eigenvalue weighted by atomic mass is 10.1. The molecule has 0 unspecified atom stereocenters. The van der Waals surface area contributed by atoms with Gasteiger partial charge in [-0.3, -0.25) is 4.79 Å². The summed E-state index contributed by atoms with van der Waals surface area (Å²) in [4.78, 5) is 12.2. The van der Waals surface area contributed by atoms with Crippen molar-refractivity contribution in [2.45, 2.75) is 45.3 Å². The molecule has 0 radical (unpaired) electrons. The van der Waals surface area contributed by atoms with Gasteiger partial charge in [-0.05, 0) is 41.9 Å². The van der Waals surface area contributed by atoms with Crippen LogP contribution in [-0.4, -0.2) is 19.8 Å². The zero-order valence-electron chi connectivity index (χ0n) is 12.6. The summed E-state index contributed by atoms with van der Waals surface area (Å²) in [5.74, 6) is -0.484. The van der Waals surface area contributed by atoms with Crippen LogP contribution in [0.2, 0.25) is 18.1 Å². The van der Waals surface area contributed by atoms with Crippen molar-refractivity contribution in [1.29, 1.82) is 0 Å². The summed E-state index contributed by atoms with van der Waals surface area (Å²) in [6.07, 6.45) is 0.348. The molecule has 108 valence electrons. The lowest BCUT2D eigenvalue weighted by Gasteiger charge is -2.33. The van der Waals surface area contributed by atoms with Gasteiger partial charge in [-0.1, -0.05) is 20.8 Å². The third kappa shape index (κ3) is 2.68. The summed E-state index contributed by atoms with van der Waals surface area (Å²) >= 11 is 0. The van der Waals surface area contributed by atoms with E-state index in [2.05, 4.69) is 39.0 Å². The highest BCUT2D eigenvalue weighted by atomic mass is 28.4. The van der Waals surface area contributed by atoms with Gasteiger partial charge in [0.1, 0.15) is 11.5 Å². The average molecular weight is 293 g/mol. The molecule has 2 rings (SSSR count). The van der Waals surface area contributed by atoms with E-state index in [4.69, 9.17) is 4.53 Å². The lowest BCUT2D eigenvalue weighted by Crippen LogP contribution is -2.39. The minimum Gasteiger partial charge on any atom is -0.454 e. The number of nitrogens with zero attached hydrogens (tertiary/aromatic N) is 1. The first-order chi connectivity index (χ1) is 9.12. The Bertz CT molecular complexity index is 588. The highest BCUT2D eigenvalue weighted by Gasteiger charge is 2.40. The Morgan fingerprint density at radius 3 is 2.55 bits per heavy atom. The predicted molar refractivity (Wildman–Crippen MR) is 80.2 cm³/mol. The van der Waals surface area contributed by atoms with Crippen molar-refractivity contribution in [1.82, 2.24) is 0 Å². The highest BCUT2D eigenvalue weighted by Crippen LogP contribution is 2.37. The topological polar surface area (TPSA) is 38.7 Å². The van der Waals surface area contributed by atoms with E-state index >= 15 is 0 Å². The van der Waals surface area contributed by atoms with Gasteiger partial charge in [-0.25, -0.2) is 4.39 Å². The molecule has 0 heterocycles. The number of carbonyl (C=O) groups is 1. The van der Waals surface area contributed by atoms with Crippen LogP contribution in [0.4, 0.5) is 4.39 Å². The molecule has 0 N–H and O–H groups in total. The maximum atomic E-state index is 13.2. The number of benzene rings is 1. The number of ketones is 1. The fraction of sp³-hybridized carbons (Fsp3) is 0.467. The van der Waals surface area contributed by atoms with Crippen molar-refractivity contribution in [3.05, 3.63) is 35.1 Å². The molecule has 20 heavy (non-hydrogen) atoms. The molecule has 0 saturated heterocycles. The van der Waals surface area contributed by atoms with Crippen LogP contribution in [0.1, 0.15) is 36.7 Å². The molecule has 0 atom stereocenters. The van der Waals surface area contributed by atoms with Gasteiger partial charge in [-0.15, -0.1) is 5.16 Å². The van der Waals surface area contributed by atoms with Gasteiger partial charge in [0.25, 0.3) is 8.32 Å². The Balaban J connectivity index is 2.21. The number of halogens is 1. The Kier molecular flexibility index (Phi) is 3.58.